The number of carbonyl (C=O) groups excluding carboxylic acids is 2. The Kier molecular flexibility index (Phi) is 5.86. The van der Waals surface area contributed by atoms with Crippen molar-refractivity contribution in [3.8, 4) is 0 Å². The summed E-state index contributed by atoms with van der Waals surface area (Å²) in [5.41, 5.74) is 1.09. The molecule has 0 aromatic heterocycles. The molecule has 4 nitrogen and oxygen atoms in total. The molecule has 23 heavy (non-hydrogen) atoms. The molecule has 1 atom stereocenters. The van der Waals surface area contributed by atoms with Crippen molar-refractivity contribution >= 4 is 17.6 Å². The summed E-state index contributed by atoms with van der Waals surface area (Å²) in [6, 6.07) is 15.4. The van der Waals surface area contributed by atoms with Crippen molar-refractivity contribution in [3.63, 3.8) is 0 Å². The van der Waals surface area contributed by atoms with Gasteiger partial charge in [0.05, 0.1) is 12.1 Å². The Balaban J connectivity index is 1.78. The highest BCUT2D eigenvalue weighted by atomic mass is 19.1. The number of hydrogen-bond acceptors (Lipinski definition) is 3. The van der Waals surface area contributed by atoms with Crippen molar-refractivity contribution < 1.29 is 18.7 Å². The molecule has 0 unspecified atom stereocenters. The van der Waals surface area contributed by atoms with Crippen LogP contribution in [0.2, 0.25) is 0 Å². The molecule has 0 saturated carbocycles. The van der Waals surface area contributed by atoms with Gasteiger partial charge >= 0.3 is 5.97 Å². The normalized spacial score (nSPS) is 11.6. The van der Waals surface area contributed by atoms with E-state index in [-0.39, 0.29) is 18.0 Å². The molecule has 0 heterocycles. The van der Waals surface area contributed by atoms with Gasteiger partial charge in [0.25, 0.3) is 5.91 Å². The summed E-state index contributed by atoms with van der Waals surface area (Å²) in [6.45, 7) is 1.48. The summed E-state index contributed by atoms with van der Waals surface area (Å²) in [5, 5.41) is 2.36. The van der Waals surface area contributed by atoms with Crippen LogP contribution in [0, 0.1) is 5.82 Å². The Labute approximate surface area is 134 Å². The van der Waals surface area contributed by atoms with E-state index >= 15 is 0 Å². The molecule has 0 fully saturated rings. The average molecular weight is 315 g/mol. The average Bonchev–Trinajstić information content (AvgIpc) is 2.56. The molecule has 0 saturated heterocycles. The summed E-state index contributed by atoms with van der Waals surface area (Å²) in [6.07, 6.45) is 0.178. The van der Waals surface area contributed by atoms with Crippen molar-refractivity contribution in [1.82, 2.24) is 0 Å². The molecular formula is C18H18FNO3. The number of benzene rings is 2. The highest BCUT2D eigenvalue weighted by Crippen LogP contribution is 2.19. The fourth-order valence-electron chi connectivity index (χ4n) is 2.10. The molecule has 0 bridgehead atoms. The summed E-state index contributed by atoms with van der Waals surface area (Å²) in [4.78, 5) is 23.4. The number of esters is 1. The highest BCUT2D eigenvalue weighted by molar-refractivity contribution is 5.92. The maximum atomic E-state index is 13.4. The third-order valence-electron chi connectivity index (χ3n) is 3.35. The van der Waals surface area contributed by atoms with E-state index in [1.807, 2.05) is 37.3 Å². The van der Waals surface area contributed by atoms with E-state index in [1.54, 1.807) is 6.07 Å². The van der Waals surface area contributed by atoms with Crippen molar-refractivity contribution in [1.29, 1.82) is 0 Å². The van der Waals surface area contributed by atoms with Crippen molar-refractivity contribution in [2.24, 2.45) is 0 Å². The standard InChI is InChI=1S/C18H18FNO3/c1-13(14-7-3-2-4-8-14)11-18(22)23-12-17(21)20-16-10-6-5-9-15(16)19/h2-10,13H,11-12H2,1H3,(H,20,21)/t13-/m1/s1. The molecule has 1 N–H and O–H groups in total. The summed E-state index contributed by atoms with van der Waals surface area (Å²) >= 11 is 0. The van der Waals surface area contributed by atoms with Crippen molar-refractivity contribution in [3.05, 3.63) is 66.0 Å². The number of para-hydroxylation sites is 1. The maximum absolute atomic E-state index is 13.4. The van der Waals surface area contributed by atoms with Crippen LogP contribution in [0.5, 0.6) is 0 Å². The topological polar surface area (TPSA) is 55.4 Å². The van der Waals surface area contributed by atoms with Gasteiger partial charge in [0, 0.05) is 0 Å². The van der Waals surface area contributed by atoms with E-state index in [4.69, 9.17) is 4.74 Å². The highest BCUT2D eigenvalue weighted by Gasteiger charge is 2.14. The lowest BCUT2D eigenvalue weighted by Gasteiger charge is -2.11. The predicted molar refractivity (Wildman–Crippen MR) is 85.5 cm³/mol. The summed E-state index contributed by atoms with van der Waals surface area (Å²) < 4.78 is 18.3. The van der Waals surface area contributed by atoms with Crippen LogP contribution >= 0.6 is 0 Å². The van der Waals surface area contributed by atoms with Crippen LogP contribution < -0.4 is 5.32 Å². The SMILES string of the molecule is C[C@H](CC(=O)OCC(=O)Nc1ccccc1F)c1ccccc1. The Morgan fingerprint density at radius 1 is 1.09 bits per heavy atom. The van der Waals surface area contributed by atoms with E-state index in [2.05, 4.69) is 5.32 Å². The number of halogens is 1. The first-order chi connectivity index (χ1) is 11.1. The molecule has 120 valence electrons. The minimum absolute atomic E-state index is 0.00155. The number of anilines is 1. The second-order valence-electron chi connectivity index (χ2n) is 5.20. The van der Waals surface area contributed by atoms with Crippen molar-refractivity contribution in [2.45, 2.75) is 19.3 Å². The smallest absolute Gasteiger partial charge is 0.306 e. The van der Waals surface area contributed by atoms with Crippen LogP contribution in [0.1, 0.15) is 24.8 Å². The van der Waals surface area contributed by atoms with E-state index in [0.29, 0.717) is 0 Å². The monoisotopic (exact) mass is 315 g/mol. The van der Waals surface area contributed by atoms with Gasteiger partial charge in [-0.1, -0.05) is 49.4 Å². The number of ether oxygens (including phenoxy) is 1. The minimum atomic E-state index is -0.573. The number of carbonyl (C=O) groups is 2. The van der Waals surface area contributed by atoms with Crippen LogP contribution in [0.3, 0.4) is 0 Å². The Hall–Kier alpha value is -2.69. The van der Waals surface area contributed by atoms with E-state index in [1.165, 1.54) is 18.2 Å². The first-order valence-electron chi connectivity index (χ1n) is 7.31. The van der Waals surface area contributed by atoms with Gasteiger partial charge in [-0.15, -0.1) is 0 Å². The third-order valence-corrected chi connectivity index (χ3v) is 3.35. The molecule has 0 aliphatic carbocycles. The number of rotatable bonds is 6. The number of amides is 1. The summed E-state index contributed by atoms with van der Waals surface area (Å²) in [7, 11) is 0. The molecule has 2 aromatic rings. The van der Waals surface area contributed by atoms with E-state index in [0.717, 1.165) is 5.56 Å². The van der Waals surface area contributed by atoms with Gasteiger partial charge < -0.3 is 10.1 Å². The van der Waals surface area contributed by atoms with E-state index in [9.17, 15) is 14.0 Å². The molecule has 0 aliphatic rings. The predicted octanol–water partition coefficient (Wildman–Crippen LogP) is 3.50. The number of hydrogen-bond donors (Lipinski definition) is 1. The van der Waals surface area contributed by atoms with Crippen LogP contribution in [0.25, 0.3) is 0 Å². The molecule has 1 amide bonds. The van der Waals surface area contributed by atoms with E-state index < -0.39 is 24.3 Å². The minimum Gasteiger partial charge on any atom is -0.456 e. The Bertz CT molecular complexity index is 673. The Morgan fingerprint density at radius 2 is 1.74 bits per heavy atom. The van der Waals surface area contributed by atoms with Gasteiger partial charge in [0.1, 0.15) is 5.82 Å². The zero-order chi connectivity index (χ0) is 16.7. The van der Waals surface area contributed by atoms with Gasteiger partial charge in [-0.2, -0.15) is 0 Å². The first kappa shape index (κ1) is 16.7. The third kappa shape index (κ3) is 5.21. The maximum Gasteiger partial charge on any atom is 0.306 e. The van der Waals surface area contributed by atoms with Crippen LogP contribution in [-0.2, 0) is 14.3 Å². The molecule has 0 aliphatic heterocycles. The number of nitrogens with one attached hydrogen (secondary N) is 1. The van der Waals surface area contributed by atoms with Gasteiger partial charge in [-0.3, -0.25) is 9.59 Å². The second-order valence-corrected chi connectivity index (χ2v) is 5.20. The lowest BCUT2D eigenvalue weighted by molar-refractivity contribution is -0.147. The fourth-order valence-corrected chi connectivity index (χ4v) is 2.10. The molecule has 0 spiro atoms. The van der Waals surface area contributed by atoms with Gasteiger partial charge in [-0.05, 0) is 23.6 Å². The largest absolute Gasteiger partial charge is 0.456 e. The van der Waals surface area contributed by atoms with Gasteiger partial charge in [0.15, 0.2) is 6.61 Å². The molecular weight excluding hydrogens is 297 g/mol. The molecule has 5 heteroatoms. The Morgan fingerprint density at radius 3 is 2.43 bits per heavy atom. The molecule has 0 radical (unpaired) electrons. The first-order valence-corrected chi connectivity index (χ1v) is 7.31. The van der Waals surface area contributed by atoms with Crippen LogP contribution in [0.4, 0.5) is 10.1 Å². The second kappa shape index (κ2) is 8.08. The molecule has 2 rings (SSSR count). The fraction of sp³-hybridized carbons (Fsp3) is 0.222. The van der Waals surface area contributed by atoms with Gasteiger partial charge in [0.2, 0.25) is 0 Å². The van der Waals surface area contributed by atoms with Crippen LogP contribution in [-0.4, -0.2) is 18.5 Å². The van der Waals surface area contributed by atoms with Crippen molar-refractivity contribution in [2.75, 3.05) is 11.9 Å². The quantitative estimate of drug-likeness (QED) is 0.830. The van der Waals surface area contributed by atoms with Gasteiger partial charge in [-0.25, -0.2) is 4.39 Å². The lowest BCUT2D eigenvalue weighted by Crippen LogP contribution is -2.22. The molecule has 2 aromatic carbocycles. The summed E-state index contributed by atoms with van der Waals surface area (Å²) in [5.74, 6) is -1.58. The zero-order valence-electron chi connectivity index (χ0n) is 12.8. The lowest BCUT2D eigenvalue weighted by atomic mass is 9.98. The zero-order valence-corrected chi connectivity index (χ0v) is 12.8. The van der Waals surface area contributed by atoms with Crippen LogP contribution in [0.15, 0.2) is 54.6 Å².